The van der Waals surface area contributed by atoms with Crippen LogP contribution in [0.2, 0.25) is 0 Å². The summed E-state index contributed by atoms with van der Waals surface area (Å²) < 4.78 is 81.5. The largest absolute Gasteiger partial charge is 0.416 e. The SMILES string of the molecule is CC(=O)N1C[C@H](O)C[C@H]1C(=O)N1CC(c2ccccc2)[C@H](N(C)C(=O)C(C)(C)c2cc(C(F)(F)F)cc(C(F)(F)F)c2)C1. The van der Waals surface area contributed by atoms with Gasteiger partial charge in [0.25, 0.3) is 0 Å². The molecule has 2 aliphatic rings. The van der Waals surface area contributed by atoms with Gasteiger partial charge in [-0.2, -0.15) is 26.3 Å². The maximum Gasteiger partial charge on any atom is 0.416 e. The van der Waals surface area contributed by atoms with Gasteiger partial charge in [0, 0.05) is 45.9 Å². The Balaban J connectivity index is 1.68. The molecule has 2 heterocycles. The van der Waals surface area contributed by atoms with E-state index in [4.69, 9.17) is 0 Å². The van der Waals surface area contributed by atoms with Gasteiger partial charge < -0.3 is 19.8 Å². The summed E-state index contributed by atoms with van der Waals surface area (Å²) in [6.07, 6.45) is -11.0. The molecule has 0 aliphatic carbocycles. The topological polar surface area (TPSA) is 81.2 Å². The van der Waals surface area contributed by atoms with Crippen molar-refractivity contribution in [2.24, 2.45) is 0 Å². The number of rotatable bonds is 5. The maximum absolute atomic E-state index is 13.9. The quantitative estimate of drug-likeness (QED) is 0.506. The van der Waals surface area contributed by atoms with Crippen molar-refractivity contribution >= 4 is 17.7 Å². The lowest BCUT2D eigenvalue weighted by Gasteiger charge is -2.36. The lowest BCUT2D eigenvalue weighted by atomic mass is 9.80. The van der Waals surface area contributed by atoms with E-state index in [-0.39, 0.29) is 38.0 Å². The van der Waals surface area contributed by atoms with E-state index < -0.39 is 70.4 Å². The van der Waals surface area contributed by atoms with E-state index in [1.807, 2.05) is 0 Å². The molecule has 1 unspecified atom stereocenters. The predicted molar refractivity (Wildman–Crippen MR) is 144 cm³/mol. The Bertz CT molecular complexity index is 1350. The van der Waals surface area contributed by atoms with E-state index in [0.717, 1.165) is 5.56 Å². The van der Waals surface area contributed by atoms with Gasteiger partial charge in [-0.15, -0.1) is 0 Å². The monoisotopic (exact) mass is 613 g/mol. The fourth-order valence-corrected chi connectivity index (χ4v) is 6.02. The highest BCUT2D eigenvalue weighted by atomic mass is 19.4. The number of carbonyl (C=O) groups is 3. The summed E-state index contributed by atoms with van der Waals surface area (Å²) in [5, 5.41) is 10.1. The van der Waals surface area contributed by atoms with Crippen LogP contribution in [0.3, 0.4) is 0 Å². The first-order valence-corrected chi connectivity index (χ1v) is 13.7. The highest BCUT2D eigenvalue weighted by molar-refractivity contribution is 5.89. The molecule has 2 fully saturated rings. The second-order valence-corrected chi connectivity index (χ2v) is 11.7. The first kappa shape index (κ1) is 32.3. The zero-order valence-electron chi connectivity index (χ0n) is 24.0. The molecule has 4 rings (SSSR count). The zero-order chi connectivity index (χ0) is 32.1. The molecule has 43 heavy (non-hydrogen) atoms. The first-order chi connectivity index (χ1) is 19.8. The molecule has 1 N–H and O–H groups in total. The maximum atomic E-state index is 13.9. The van der Waals surface area contributed by atoms with Crippen LogP contribution >= 0.6 is 0 Å². The van der Waals surface area contributed by atoms with Gasteiger partial charge in [-0.1, -0.05) is 30.3 Å². The normalized spacial score (nSPS) is 23.0. The number of nitrogens with zero attached hydrogens (tertiary/aromatic N) is 3. The van der Waals surface area contributed by atoms with E-state index in [1.165, 1.54) is 42.5 Å². The Morgan fingerprint density at radius 3 is 1.91 bits per heavy atom. The van der Waals surface area contributed by atoms with Crippen LogP contribution < -0.4 is 0 Å². The van der Waals surface area contributed by atoms with Gasteiger partial charge in [-0.05, 0) is 43.2 Å². The minimum absolute atomic E-state index is 0.00540. The number of hydrogen-bond acceptors (Lipinski definition) is 4. The molecular weight excluding hydrogens is 580 g/mol. The summed E-state index contributed by atoms with van der Waals surface area (Å²) in [7, 11) is 1.41. The number of aliphatic hydroxyl groups excluding tert-OH is 1. The van der Waals surface area contributed by atoms with Crippen molar-refractivity contribution in [3.63, 3.8) is 0 Å². The van der Waals surface area contributed by atoms with Crippen LogP contribution in [0.1, 0.15) is 55.4 Å². The summed E-state index contributed by atoms with van der Waals surface area (Å²) in [6, 6.07) is 8.48. The van der Waals surface area contributed by atoms with Crippen LogP contribution in [0.25, 0.3) is 0 Å². The van der Waals surface area contributed by atoms with Crippen molar-refractivity contribution in [3.8, 4) is 0 Å². The minimum Gasteiger partial charge on any atom is -0.391 e. The second-order valence-electron chi connectivity index (χ2n) is 11.7. The molecule has 2 saturated heterocycles. The third kappa shape index (κ3) is 6.51. The standard InChI is InChI=1S/C30H33F6N3O4/c1-17(40)39-14-22(41)13-24(39)26(42)38-15-23(18-8-6-5-7-9-18)25(16-38)37(4)27(43)28(2,3)19-10-20(29(31,32)33)12-21(11-19)30(34,35)36/h5-12,22-25,41H,13-16H2,1-4H3/t22-,23?,24+,25-/m1/s1. The lowest BCUT2D eigenvalue weighted by Crippen LogP contribution is -2.50. The third-order valence-electron chi connectivity index (χ3n) is 8.46. The minimum atomic E-state index is -5.08. The molecule has 2 aromatic carbocycles. The zero-order valence-corrected chi connectivity index (χ0v) is 24.0. The lowest BCUT2D eigenvalue weighted by molar-refractivity contribution is -0.144. The van der Waals surface area contributed by atoms with Gasteiger partial charge in [0.2, 0.25) is 17.7 Å². The highest BCUT2D eigenvalue weighted by Crippen LogP contribution is 2.40. The summed E-state index contributed by atoms with van der Waals surface area (Å²) in [5.74, 6) is -1.97. The molecule has 2 aromatic rings. The molecule has 0 spiro atoms. The fourth-order valence-electron chi connectivity index (χ4n) is 6.02. The van der Waals surface area contributed by atoms with Crippen LogP contribution in [0.4, 0.5) is 26.3 Å². The average Bonchev–Trinajstić information content (AvgIpc) is 3.55. The van der Waals surface area contributed by atoms with Crippen molar-refractivity contribution in [1.29, 1.82) is 0 Å². The van der Waals surface area contributed by atoms with Crippen LogP contribution in [-0.4, -0.2) is 82.4 Å². The third-order valence-corrected chi connectivity index (χ3v) is 8.46. The molecule has 4 atom stereocenters. The highest BCUT2D eigenvalue weighted by Gasteiger charge is 2.48. The van der Waals surface area contributed by atoms with Crippen molar-refractivity contribution in [2.45, 2.75) is 69.1 Å². The number of likely N-dealkylation sites (tertiary alicyclic amines) is 2. The fraction of sp³-hybridized carbons (Fsp3) is 0.500. The van der Waals surface area contributed by atoms with Crippen LogP contribution in [0.15, 0.2) is 48.5 Å². The van der Waals surface area contributed by atoms with E-state index in [0.29, 0.717) is 12.1 Å². The van der Waals surface area contributed by atoms with E-state index >= 15 is 0 Å². The molecule has 3 amide bonds. The number of β-amino-alcohol motifs (C(OH)–C–C–N with tert-alkyl or cyclic N) is 1. The molecule has 0 saturated carbocycles. The van der Waals surface area contributed by atoms with E-state index in [2.05, 4.69) is 0 Å². The Morgan fingerprint density at radius 2 is 1.40 bits per heavy atom. The summed E-state index contributed by atoms with van der Waals surface area (Å²) in [5.41, 5.74) is -4.53. The number of benzene rings is 2. The molecule has 0 aromatic heterocycles. The summed E-state index contributed by atoms with van der Waals surface area (Å²) >= 11 is 0. The summed E-state index contributed by atoms with van der Waals surface area (Å²) in [6.45, 7) is 3.99. The number of amides is 3. The van der Waals surface area contributed by atoms with Crippen molar-refractivity contribution in [2.75, 3.05) is 26.7 Å². The number of likely N-dealkylation sites (N-methyl/N-ethyl adjacent to an activating group) is 1. The number of hydrogen-bond donors (Lipinski definition) is 1. The molecule has 234 valence electrons. The van der Waals surface area contributed by atoms with Gasteiger partial charge in [-0.25, -0.2) is 0 Å². The van der Waals surface area contributed by atoms with Crippen LogP contribution in [-0.2, 0) is 32.2 Å². The molecule has 2 aliphatic heterocycles. The van der Waals surface area contributed by atoms with E-state index in [1.54, 1.807) is 30.3 Å². The Morgan fingerprint density at radius 1 is 0.860 bits per heavy atom. The van der Waals surface area contributed by atoms with Crippen LogP contribution in [0.5, 0.6) is 0 Å². The molecule has 0 bridgehead atoms. The Hall–Kier alpha value is -3.61. The van der Waals surface area contributed by atoms with E-state index in [9.17, 15) is 45.8 Å². The van der Waals surface area contributed by atoms with Gasteiger partial charge in [0.15, 0.2) is 0 Å². The number of carbonyl (C=O) groups excluding carboxylic acids is 3. The van der Waals surface area contributed by atoms with Crippen LogP contribution in [0, 0.1) is 0 Å². The molecular formula is C30H33F6N3O4. The predicted octanol–water partition coefficient (Wildman–Crippen LogP) is 4.44. The van der Waals surface area contributed by atoms with Crippen molar-refractivity contribution in [1.82, 2.24) is 14.7 Å². The first-order valence-electron chi connectivity index (χ1n) is 13.7. The van der Waals surface area contributed by atoms with Gasteiger partial charge in [0.05, 0.1) is 28.7 Å². The van der Waals surface area contributed by atoms with Gasteiger partial charge in [-0.3, -0.25) is 14.4 Å². The second kappa shape index (κ2) is 11.5. The number of alkyl halides is 6. The number of halogens is 6. The Labute approximate surface area is 245 Å². The smallest absolute Gasteiger partial charge is 0.391 e. The van der Waals surface area contributed by atoms with Crippen molar-refractivity contribution < 1.29 is 45.8 Å². The van der Waals surface area contributed by atoms with Crippen molar-refractivity contribution in [3.05, 3.63) is 70.8 Å². The summed E-state index contributed by atoms with van der Waals surface area (Å²) in [4.78, 5) is 43.8. The van der Waals surface area contributed by atoms with Gasteiger partial charge in [0.1, 0.15) is 6.04 Å². The Kier molecular flexibility index (Phi) is 8.62. The average molecular weight is 614 g/mol. The van der Waals surface area contributed by atoms with Gasteiger partial charge >= 0.3 is 12.4 Å². The molecule has 0 radical (unpaired) electrons. The molecule has 7 nitrogen and oxygen atoms in total. The molecule has 13 heteroatoms. The number of aliphatic hydroxyl groups is 1.